The summed E-state index contributed by atoms with van der Waals surface area (Å²) in [5.74, 6) is 0.395. The van der Waals surface area contributed by atoms with Gasteiger partial charge in [-0.15, -0.1) is 0 Å². The second-order valence-electron chi connectivity index (χ2n) is 5.29. The molecule has 0 spiro atoms. The summed E-state index contributed by atoms with van der Waals surface area (Å²) in [7, 11) is 0. The van der Waals surface area contributed by atoms with Crippen LogP contribution >= 0.6 is 15.9 Å². The lowest BCUT2D eigenvalue weighted by Crippen LogP contribution is -2.20. The van der Waals surface area contributed by atoms with E-state index in [9.17, 15) is 4.79 Å². The van der Waals surface area contributed by atoms with Gasteiger partial charge in [0.1, 0.15) is 17.1 Å². The summed E-state index contributed by atoms with van der Waals surface area (Å²) in [5.41, 5.74) is 5.14. The summed E-state index contributed by atoms with van der Waals surface area (Å²) in [6, 6.07) is 11.2. The van der Waals surface area contributed by atoms with Gasteiger partial charge in [-0.3, -0.25) is 9.20 Å². The van der Waals surface area contributed by atoms with Crippen molar-refractivity contribution in [1.29, 1.82) is 0 Å². The summed E-state index contributed by atoms with van der Waals surface area (Å²) in [4.78, 5) is 16.9. The normalized spacial score (nSPS) is 11.2. The Morgan fingerprint density at radius 3 is 2.96 bits per heavy atom. The maximum Gasteiger partial charge on any atom is 0.290 e. The number of hydrogen-bond acceptors (Lipinski definition) is 4. The third-order valence-electron chi connectivity index (χ3n) is 3.56. The number of amides is 1. The molecule has 0 aliphatic heterocycles. The van der Waals surface area contributed by atoms with Gasteiger partial charge >= 0.3 is 0 Å². The number of nitrogens with one attached hydrogen (secondary N) is 1. The molecule has 1 aromatic carbocycles. The largest absolute Gasteiger partial charge is 0.493 e. The van der Waals surface area contributed by atoms with Gasteiger partial charge in [0.15, 0.2) is 0 Å². The van der Waals surface area contributed by atoms with Gasteiger partial charge in [0, 0.05) is 16.2 Å². The summed E-state index contributed by atoms with van der Waals surface area (Å²) >= 11 is 3.41. The Morgan fingerprint density at radius 1 is 1.36 bits per heavy atom. The first-order chi connectivity index (χ1) is 12.1. The van der Waals surface area contributed by atoms with Crippen molar-refractivity contribution in [3.8, 4) is 5.75 Å². The van der Waals surface area contributed by atoms with E-state index in [0.717, 1.165) is 15.8 Å². The standard InChI is InChI=1S/C18H17BrN4O2/c1-3-25-15-7-5-4-6-13(15)10-20-22-18(24)17-12(2)21-16-9-8-14(19)11-23(16)17/h4-11H,3H2,1-2H3,(H,22,24)/b20-10+. The van der Waals surface area contributed by atoms with Crippen molar-refractivity contribution in [3.05, 3.63) is 64.0 Å². The number of nitrogens with zero attached hydrogens (tertiary/aromatic N) is 3. The van der Waals surface area contributed by atoms with Gasteiger partial charge in [-0.2, -0.15) is 5.10 Å². The lowest BCUT2D eigenvalue weighted by molar-refractivity contribution is 0.0948. The van der Waals surface area contributed by atoms with E-state index in [1.165, 1.54) is 0 Å². The van der Waals surface area contributed by atoms with Crippen LogP contribution in [0.1, 0.15) is 28.7 Å². The topological polar surface area (TPSA) is 68.0 Å². The van der Waals surface area contributed by atoms with Crippen LogP contribution in [0, 0.1) is 6.92 Å². The minimum absolute atomic E-state index is 0.326. The number of hydrazone groups is 1. The SMILES string of the molecule is CCOc1ccccc1/C=N/NC(=O)c1c(C)nc2ccc(Br)cn12. The van der Waals surface area contributed by atoms with Gasteiger partial charge in [0.25, 0.3) is 5.91 Å². The Morgan fingerprint density at radius 2 is 2.16 bits per heavy atom. The number of rotatable bonds is 5. The van der Waals surface area contributed by atoms with Gasteiger partial charge in [-0.25, -0.2) is 10.4 Å². The number of carbonyl (C=O) groups excluding carboxylic acids is 1. The number of benzene rings is 1. The number of pyridine rings is 1. The molecule has 0 unspecified atom stereocenters. The number of aromatic nitrogens is 2. The second kappa shape index (κ2) is 7.48. The van der Waals surface area contributed by atoms with Crippen LogP contribution in [-0.2, 0) is 0 Å². The number of fused-ring (bicyclic) bond motifs is 1. The first-order valence-corrected chi connectivity index (χ1v) is 8.59. The molecule has 1 N–H and O–H groups in total. The minimum Gasteiger partial charge on any atom is -0.493 e. The molecule has 0 fully saturated rings. The van der Waals surface area contributed by atoms with Crippen molar-refractivity contribution in [3.63, 3.8) is 0 Å². The molecule has 2 aromatic heterocycles. The lowest BCUT2D eigenvalue weighted by atomic mass is 10.2. The monoisotopic (exact) mass is 400 g/mol. The number of halogens is 1. The highest BCUT2D eigenvalue weighted by molar-refractivity contribution is 9.10. The average molecular weight is 401 g/mol. The van der Waals surface area contributed by atoms with Crippen molar-refractivity contribution in [2.24, 2.45) is 5.10 Å². The quantitative estimate of drug-likeness (QED) is 0.525. The highest BCUT2D eigenvalue weighted by Crippen LogP contribution is 2.17. The van der Waals surface area contributed by atoms with Crippen LogP contribution in [0.15, 0.2) is 52.2 Å². The van der Waals surface area contributed by atoms with Gasteiger partial charge < -0.3 is 4.74 Å². The predicted molar refractivity (Wildman–Crippen MR) is 100 cm³/mol. The molecule has 0 bridgehead atoms. The van der Waals surface area contributed by atoms with E-state index in [1.54, 1.807) is 23.7 Å². The molecule has 1 amide bonds. The van der Waals surface area contributed by atoms with Crippen LogP contribution in [0.3, 0.4) is 0 Å². The first-order valence-electron chi connectivity index (χ1n) is 7.79. The molecular formula is C18H17BrN4O2. The Kier molecular flexibility index (Phi) is 5.14. The maximum absolute atomic E-state index is 12.5. The van der Waals surface area contributed by atoms with Crippen LogP contribution in [-0.4, -0.2) is 28.1 Å². The van der Waals surface area contributed by atoms with Crippen LogP contribution in [0.4, 0.5) is 0 Å². The molecular weight excluding hydrogens is 384 g/mol. The molecule has 3 rings (SSSR count). The van der Waals surface area contributed by atoms with Crippen LogP contribution in [0.25, 0.3) is 5.65 Å². The van der Waals surface area contributed by atoms with E-state index in [-0.39, 0.29) is 5.91 Å². The van der Waals surface area contributed by atoms with Crippen LogP contribution < -0.4 is 10.2 Å². The number of aryl methyl sites for hydroxylation is 1. The Labute approximate surface area is 153 Å². The first kappa shape index (κ1) is 17.2. The van der Waals surface area contributed by atoms with E-state index < -0.39 is 0 Å². The number of imidazole rings is 1. The number of ether oxygens (including phenoxy) is 1. The molecule has 0 atom stereocenters. The van der Waals surface area contributed by atoms with Gasteiger partial charge in [-0.05, 0) is 54.0 Å². The molecule has 3 aromatic rings. The molecule has 7 heteroatoms. The zero-order chi connectivity index (χ0) is 17.8. The third-order valence-corrected chi connectivity index (χ3v) is 4.03. The summed E-state index contributed by atoms with van der Waals surface area (Å²) < 4.78 is 8.13. The van der Waals surface area contributed by atoms with Crippen molar-refractivity contribution < 1.29 is 9.53 Å². The third kappa shape index (κ3) is 3.71. The van der Waals surface area contributed by atoms with Crippen molar-refractivity contribution in [2.75, 3.05) is 6.61 Å². The average Bonchev–Trinajstić information content (AvgIpc) is 2.91. The molecule has 0 aliphatic carbocycles. The van der Waals surface area contributed by atoms with Gasteiger partial charge in [0.05, 0.1) is 18.5 Å². The van der Waals surface area contributed by atoms with E-state index in [2.05, 4.69) is 31.4 Å². The fraction of sp³-hybridized carbons (Fsp3) is 0.167. The minimum atomic E-state index is -0.326. The molecule has 0 saturated carbocycles. The van der Waals surface area contributed by atoms with Crippen LogP contribution in [0.2, 0.25) is 0 Å². The highest BCUT2D eigenvalue weighted by atomic mass is 79.9. The molecule has 128 valence electrons. The molecule has 6 nitrogen and oxygen atoms in total. The van der Waals surface area contributed by atoms with E-state index in [4.69, 9.17) is 4.74 Å². The zero-order valence-corrected chi connectivity index (χ0v) is 15.4. The fourth-order valence-electron chi connectivity index (χ4n) is 2.50. The predicted octanol–water partition coefficient (Wildman–Crippen LogP) is 3.57. The van der Waals surface area contributed by atoms with Crippen molar-refractivity contribution in [1.82, 2.24) is 14.8 Å². The summed E-state index contributed by atoms with van der Waals surface area (Å²) in [6.45, 7) is 4.28. The Balaban J connectivity index is 1.82. The molecule has 0 saturated heterocycles. The summed E-state index contributed by atoms with van der Waals surface area (Å²) in [5, 5.41) is 4.05. The summed E-state index contributed by atoms with van der Waals surface area (Å²) in [6.07, 6.45) is 3.37. The smallest absolute Gasteiger partial charge is 0.290 e. The number of para-hydroxylation sites is 1. The fourth-order valence-corrected chi connectivity index (χ4v) is 2.83. The lowest BCUT2D eigenvalue weighted by Gasteiger charge is -2.06. The van der Waals surface area contributed by atoms with Crippen molar-refractivity contribution in [2.45, 2.75) is 13.8 Å². The Hall–Kier alpha value is -2.67. The van der Waals surface area contributed by atoms with Gasteiger partial charge in [-0.1, -0.05) is 12.1 Å². The number of hydrogen-bond donors (Lipinski definition) is 1. The Bertz CT molecular complexity index is 949. The molecule has 2 heterocycles. The number of carbonyl (C=O) groups is 1. The van der Waals surface area contributed by atoms with E-state index >= 15 is 0 Å². The second-order valence-corrected chi connectivity index (χ2v) is 6.21. The highest BCUT2D eigenvalue weighted by Gasteiger charge is 2.16. The maximum atomic E-state index is 12.5. The molecule has 25 heavy (non-hydrogen) atoms. The van der Waals surface area contributed by atoms with Crippen LogP contribution in [0.5, 0.6) is 5.75 Å². The zero-order valence-electron chi connectivity index (χ0n) is 13.9. The van der Waals surface area contributed by atoms with E-state index in [1.807, 2.05) is 43.3 Å². The molecule has 0 aliphatic rings. The van der Waals surface area contributed by atoms with E-state index in [0.29, 0.717) is 23.6 Å². The van der Waals surface area contributed by atoms with Gasteiger partial charge in [0.2, 0.25) is 0 Å². The van der Waals surface area contributed by atoms with Crippen molar-refractivity contribution >= 4 is 33.7 Å². The molecule has 0 radical (unpaired) electrons.